The van der Waals surface area contributed by atoms with E-state index in [2.05, 4.69) is 6.07 Å². The average Bonchev–Trinajstić information content (AvgIpc) is 2.75. The van der Waals surface area contributed by atoms with Crippen molar-refractivity contribution >= 4 is 29.1 Å². The summed E-state index contributed by atoms with van der Waals surface area (Å²) in [7, 11) is 0. The van der Waals surface area contributed by atoms with Crippen LogP contribution in [0.4, 0.5) is 5.69 Å². The first kappa shape index (κ1) is 14.8. The van der Waals surface area contributed by atoms with Crippen molar-refractivity contribution in [3.8, 4) is 0 Å². The predicted octanol–water partition coefficient (Wildman–Crippen LogP) is 3.77. The molecule has 0 radical (unpaired) electrons. The van der Waals surface area contributed by atoms with Gasteiger partial charge in [0.05, 0.1) is 11.6 Å². The molecule has 0 bridgehead atoms. The Kier molecular flexibility index (Phi) is 3.99. The normalized spacial score (nSPS) is 18.1. The third-order valence-electron chi connectivity index (χ3n) is 3.89. The highest BCUT2D eigenvalue weighted by Crippen LogP contribution is 2.29. The number of hydrogen-bond donors (Lipinski definition) is 0. The van der Waals surface area contributed by atoms with Crippen molar-refractivity contribution in [2.45, 2.75) is 19.8 Å². The largest absolute Gasteiger partial charge is 0.274 e. The average molecular weight is 314 g/mol. The van der Waals surface area contributed by atoms with Crippen LogP contribution in [0.25, 0.3) is 0 Å². The number of carbonyl (C=O) groups is 2. The predicted molar refractivity (Wildman–Crippen MR) is 86.9 cm³/mol. The number of amides is 2. The van der Waals surface area contributed by atoms with Crippen molar-refractivity contribution in [3.05, 3.63) is 64.7 Å². The fourth-order valence-electron chi connectivity index (χ4n) is 2.84. The molecule has 0 N–H and O–H groups in total. The number of carbonyl (C=O) groups excluding carboxylic acids is 2. The van der Waals surface area contributed by atoms with Crippen LogP contribution < -0.4 is 4.90 Å². The number of anilines is 1. The molecular weight excluding hydrogens is 298 g/mol. The van der Waals surface area contributed by atoms with Crippen LogP contribution >= 0.6 is 11.6 Å². The fourth-order valence-corrected chi connectivity index (χ4v) is 2.97. The lowest BCUT2D eigenvalue weighted by molar-refractivity contribution is -0.122. The van der Waals surface area contributed by atoms with E-state index >= 15 is 0 Å². The Morgan fingerprint density at radius 1 is 1.14 bits per heavy atom. The molecule has 0 spiro atoms. The fraction of sp³-hybridized carbons (Fsp3) is 0.222. The topological polar surface area (TPSA) is 37.4 Å². The quantitative estimate of drug-likeness (QED) is 0.809. The van der Waals surface area contributed by atoms with Crippen LogP contribution in [0.3, 0.4) is 0 Å². The number of rotatable bonds is 3. The Morgan fingerprint density at radius 2 is 1.86 bits per heavy atom. The number of nitrogens with zero attached hydrogens (tertiary/aromatic N) is 1. The summed E-state index contributed by atoms with van der Waals surface area (Å²) in [5, 5.41) is 0.583. The summed E-state index contributed by atoms with van der Waals surface area (Å²) in [5.41, 5.74) is 2.83. The molecule has 1 atom stereocenters. The standard InChI is InChI=1S/C18H16ClNO2/c1-12-3-2-4-13(9-12)10-14-11-17(21)20(18(14)22)16-7-5-15(19)6-8-16/h2-9,14H,10-11H2,1H3. The lowest BCUT2D eigenvalue weighted by Gasteiger charge is -2.15. The van der Waals surface area contributed by atoms with Crippen LogP contribution in [-0.4, -0.2) is 11.8 Å². The maximum Gasteiger partial charge on any atom is 0.237 e. The van der Waals surface area contributed by atoms with E-state index < -0.39 is 0 Å². The summed E-state index contributed by atoms with van der Waals surface area (Å²) in [5.74, 6) is -0.566. The molecule has 1 fully saturated rings. The lowest BCUT2D eigenvalue weighted by atomic mass is 9.97. The summed E-state index contributed by atoms with van der Waals surface area (Å²) in [6, 6.07) is 14.8. The van der Waals surface area contributed by atoms with Gasteiger partial charge in [0.2, 0.25) is 11.8 Å². The monoisotopic (exact) mass is 313 g/mol. The van der Waals surface area contributed by atoms with E-state index in [0.29, 0.717) is 17.1 Å². The molecule has 0 saturated carbocycles. The SMILES string of the molecule is Cc1cccc(CC2CC(=O)N(c3ccc(Cl)cc3)C2=O)c1. The molecule has 2 aromatic rings. The van der Waals surface area contributed by atoms with Crippen LogP contribution in [0, 0.1) is 12.8 Å². The van der Waals surface area contributed by atoms with Crippen LogP contribution in [0.5, 0.6) is 0 Å². The summed E-state index contributed by atoms with van der Waals surface area (Å²) in [4.78, 5) is 26.0. The minimum atomic E-state index is -0.287. The third-order valence-corrected chi connectivity index (χ3v) is 4.14. The van der Waals surface area contributed by atoms with E-state index in [-0.39, 0.29) is 24.2 Å². The second kappa shape index (κ2) is 5.93. The second-order valence-corrected chi connectivity index (χ2v) is 6.07. The van der Waals surface area contributed by atoms with E-state index in [0.717, 1.165) is 11.1 Å². The van der Waals surface area contributed by atoms with Gasteiger partial charge in [-0.2, -0.15) is 0 Å². The molecular formula is C18H16ClNO2. The van der Waals surface area contributed by atoms with E-state index in [4.69, 9.17) is 11.6 Å². The highest BCUT2D eigenvalue weighted by molar-refractivity contribution is 6.30. The highest BCUT2D eigenvalue weighted by atomic mass is 35.5. The molecule has 0 aliphatic carbocycles. The van der Waals surface area contributed by atoms with Gasteiger partial charge in [0.25, 0.3) is 0 Å². The van der Waals surface area contributed by atoms with Crippen LogP contribution in [0.1, 0.15) is 17.5 Å². The van der Waals surface area contributed by atoms with E-state index in [1.54, 1.807) is 24.3 Å². The van der Waals surface area contributed by atoms with Crippen molar-refractivity contribution < 1.29 is 9.59 Å². The van der Waals surface area contributed by atoms with Gasteiger partial charge in [-0.15, -0.1) is 0 Å². The van der Waals surface area contributed by atoms with Gasteiger partial charge in [-0.1, -0.05) is 41.4 Å². The van der Waals surface area contributed by atoms with Crippen LogP contribution in [-0.2, 0) is 16.0 Å². The van der Waals surface area contributed by atoms with Gasteiger partial charge in [-0.3, -0.25) is 14.5 Å². The maximum absolute atomic E-state index is 12.6. The molecule has 4 heteroatoms. The minimum Gasteiger partial charge on any atom is -0.274 e. The molecule has 22 heavy (non-hydrogen) atoms. The molecule has 1 aliphatic rings. The third kappa shape index (κ3) is 2.90. The lowest BCUT2D eigenvalue weighted by Crippen LogP contribution is -2.30. The van der Waals surface area contributed by atoms with E-state index in [1.807, 2.05) is 25.1 Å². The molecule has 3 rings (SSSR count). The zero-order valence-corrected chi connectivity index (χ0v) is 13.0. The Morgan fingerprint density at radius 3 is 2.55 bits per heavy atom. The molecule has 1 unspecified atom stereocenters. The first-order valence-corrected chi connectivity index (χ1v) is 7.60. The first-order chi connectivity index (χ1) is 10.5. The Bertz CT molecular complexity index is 724. The summed E-state index contributed by atoms with van der Waals surface area (Å²) in [6.07, 6.45) is 0.853. The van der Waals surface area contributed by atoms with Gasteiger partial charge in [-0.05, 0) is 43.2 Å². The molecule has 0 aromatic heterocycles. The molecule has 1 heterocycles. The molecule has 112 valence electrons. The van der Waals surface area contributed by atoms with Gasteiger partial charge in [0.1, 0.15) is 0 Å². The number of aryl methyl sites for hydroxylation is 1. The maximum atomic E-state index is 12.6. The van der Waals surface area contributed by atoms with Gasteiger partial charge >= 0.3 is 0 Å². The summed E-state index contributed by atoms with van der Waals surface area (Å²) in [6.45, 7) is 2.02. The molecule has 1 saturated heterocycles. The number of benzene rings is 2. The number of halogens is 1. The van der Waals surface area contributed by atoms with Gasteiger partial charge in [0.15, 0.2) is 0 Å². The summed E-state index contributed by atoms with van der Waals surface area (Å²) < 4.78 is 0. The number of imide groups is 1. The Hall–Kier alpha value is -2.13. The highest BCUT2D eigenvalue weighted by Gasteiger charge is 2.39. The van der Waals surface area contributed by atoms with Gasteiger partial charge in [0, 0.05) is 11.4 Å². The molecule has 3 nitrogen and oxygen atoms in total. The zero-order chi connectivity index (χ0) is 15.7. The first-order valence-electron chi connectivity index (χ1n) is 7.22. The van der Waals surface area contributed by atoms with Crippen LogP contribution in [0.15, 0.2) is 48.5 Å². The molecule has 2 amide bonds. The second-order valence-electron chi connectivity index (χ2n) is 5.64. The van der Waals surface area contributed by atoms with Crippen molar-refractivity contribution in [2.24, 2.45) is 5.92 Å². The van der Waals surface area contributed by atoms with Crippen LogP contribution in [0.2, 0.25) is 5.02 Å². The zero-order valence-electron chi connectivity index (χ0n) is 12.3. The minimum absolute atomic E-state index is 0.131. The van der Waals surface area contributed by atoms with E-state index in [1.165, 1.54) is 4.90 Å². The van der Waals surface area contributed by atoms with Crippen molar-refractivity contribution in [2.75, 3.05) is 4.90 Å². The number of hydrogen-bond acceptors (Lipinski definition) is 2. The Labute approximate surface area is 134 Å². The van der Waals surface area contributed by atoms with Crippen molar-refractivity contribution in [1.82, 2.24) is 0 Å². The molecule has 2 aromatic carbocycles. The van der Waals surface area contributed by atoms with Crippen molar-refractivity contribution in [1.29, 1.82) is 0 Å². The van der Waals surface area contributed by atoms with Gasteiger partial charge < -0.3 is 0 Å². The summed E-state index contributed by atoms with van der Waals surface area (Å²) >= 11 is 5.85. The van der Waals surface area contributed by atoms with Crippen molar-refractivity contribution in [3.63, 3.8) is 0 Å². The Balaban J connectivity index is 1.81. The van der Waals surface area contributed by atoms with Gasteiger partial charge in [-0.25, -0.2) is 0 Å². The molecule has 1 aliphatic heterocycles. The smallest absolute Gasteiger partial charge is 0.237 e. The van der Waals surface area contributed by atoms with E-state index in [9.17, 15) is 9.59 Å².